The molecule has 1 atom stereocenters. The minimum atomic E-state index is -3.84. The van der Waals surface area contributed by atoms with Crippen molar-refractivity contribution in [3.8, 4) is 0 Å². The van der Waals surface area contributed by atoms with Crippen molar-refractivity contribution in [2.24, 2.45) is 0 Å². The molecule has 0 radical (unpaired) electrons. The van der Waals surface area contributed by atoms with E-state index in [4.69, 9.17) is 16.7 Å². The molecule has 5 nitrogen and oxygen atoms in total. The number of carboxylic acid groups (broad SMARTS) is 1. The number of halogens is 1. The Labute approximate surface area is 104 Å². The summed E-state index contributed by atoms with van der Waals surface area (Å²) in [6.07, 6.45) is 0. The van der Waals surface area contributed by atoms with E-state index >= 15 is 0 Å². The van der Waals surface area contributed by atoms with Crippen molar-refractivity contribution in [3.63, 3.8) is 0 Å². The normalized spacial score (nSPS) is 13.4. The van der Waals surface area contributed by atoms with E-state index in [0.717, 1.165) is 0 Å². The molecule has 0 aromatic heterocycles. The number of nitrogens with one attached hydrogen (secondary N) is 1. The van der Waals surface area contributed by atoms with Crippen molar-refractivity contribution in [2.45, 2.75) is 24.8 Å². The van der Waals surface area contributed by atoms with Crippen LogP contribution in [0.3, 0.4) is 0 Å². The Bertz CT molecular complexity index is 541. The fourth-order valence-electron chi connectivity index (χ4n) is 1.26. The molecule has 0 fully saturated rings. The second-order valence-corrected chi connectivity index (χ2v) is 5.71. The highest BCUT2D eigenvalue weighted by Crippen LogP contribution is 2.19. The topological polar surface area (TPSA) is 83.5 Å². The van der Waals surface area contributed by atoms with Crippen molar-refractivity contribution >= 4 is 27.6 Å². The molecule has 1 rings (SSSR count). The molecule has 1 aromatic rings. The summed E-state index contributed by atoms with van der Waals surface area (Å²) < 4.78 is 25.8. The van der Waals surface area contributed by atoms with Gasteiger partial charge in [0.25, 0.3) is 0 Å². The van der Waals surface area contributed by atoms with E-state index in [1.807, 2.05) is 0 Å². The molecule has 17 heavy (non-hydrogen) atoms. The molecule has 0 bridgehead atoms. The fraction of sp³-hybridized carbons (Fsp3) is 0.300. The summed E-state index contributed by atoms with van der Waals surface area (Å²) in [5.74, 6) is -1.24. The molecule has 0 heterocycles. The third-order valence-electron chi connectivity index (χ3n) is 2.13. The van der Waals surface area contributed by atoms with Gasteiger partial charge < -0.3 is 5.11 Å². The SMILES string of the molecule is Cc1cc(Cl)ccc1S(=O)(=O)N[C@@H](C)C(=O)O. The quantitative estimate of drug-likeness (QED) is 0.871. The Morgan fingerprint density at radius 2 is 2.06 bits per heavy atom. The van der Waals surface area contributed by atoms with Gasteiger partial charge in [-0.15, -0.1) is 0 Å². The Hall–Kier alpha value is -1.11. The Morgan fingerprint density at radius 3 is 2.53 bits per heavy atom. The number of carboxylic acids is 1. The number of rotatable bonds is 4. The monoisotopic (exact) mass is 277 g/mol. The standard InChI is InChI=1S/C10H12ClNO4S/c1-6-5-8(11)3-4-9(6)17(15,16)12-7(2)10(13)14/h3-5,7,12H,1-2H3,(H,13,14)/t7-/m0/s1. The summed E-state index contributed by atoms with van der Waals surface area (Å²) in [4.78, 5) is 10.6. The van der Waals surface area contributed by atoms with Crippen LogP contribution in [0.15, 0.2) is 23.1 Å². The first-order chi connectivity index (χ1) is 7.74. The smallest absolute Gasteiger partial charge is 0.321 e. The van der Waals surface area contributed by atoms with E-state index in [9.17, 15) is 13.2 Å². The minimum absolute atomic E-state index is 0.0231. The van der Waals surface area contributed by atoms with Crippen LogP contribution in [0.25, 0.3) is 0 Å². The minimum Gasteiger partial charge on any atom is -0.480 e. The van der Waals surface area contributed by atoms with Crippen LogP contribution in [-0.2, 0) is 14.8 Å². The van der Waals surface area contributed by atoms with Gasteiger partial charge in [-0.3, -0.25) is 4.79 Å². The van der Waals surface area contributed by atoms with E-state index in [1.165, 1.54) is 25.1 Å². The summed E-state index contributed by atoms with van der Waals surface area (Å²) in [5, 5.41) is 9.08. The zero-order valence-corrected chi connectivity index (χ0v) is 10.8. The highest BCUT2D eigenvalue weighted by Gasteiger charge is 2.22. The average Bonchev–Trinajstić information content (AvgIpc) is 2.15. The Balaban J connectivity index is 3.10. The first-order valence-corrected chi connectivity index (χ1v) is 6.61. The van der Waals surface area contributed by atoms with Gasteiger partial charge in [0.15, 0.2) is 0 Å². The molecule has 0 saturated carbocycles. The van der Waals surface area contributed by atoms with Crippen LogP contribution in [0.2, 0.25) is 5.02 Å². The van der Waals surface area contributed by atoms with E-state index < -0.39 is 22.0 Å². The van der Waals surface area contributed by atoms with Crippen LogP contribution >= 0.6 is 11.6 Å². The average molecular weight is 278 g/mol. The van der Waals surface area contributed by atoms with E-state index in [1.54, 1.807) is 6.92 Å². The zero-order chi connectivity index (χ0) is 13.2. The number of aliphatic carboxylic acids is 1. The van der Waals surface area contributed by atoms with Gasteiger partial charge in [-0.2, -0.15) is 4.72 Å². The van der Waals surface area contributed by atoms with Gasteiger partial charge in [-0.1, -0.05) is 11.6 Å². The first-order valence-electron chi connectivity index (χ1n) is 4.75. The van der Waals surface area contributed by atoms with E-state index in [0.29, 0.717) is 10.6 Å². The lowest BCUT2D eigenvalue weighted by atomic mass is 10.2. The van der Waals surface area contributed by atoms with Crippen molar-refractivity contribution in [3.05, 3.63) is 28.8 Å². The van der Waals surface area contributed by atoms with Gasteiger partial charge in [-0.25, -0.2) is 8.42 Å². The van der Waals surface area contributed by atoms with Gasteiger partial charge >= 0.3 is 5.97 Å². The van der Waals surface area contributed by atoms with Gasteiger partial charge in [0.05, 0.1) is 4.90 Å². The molecular weight excluding hydrogens is 266 g/mol. The fourth-order valence-corrected chi connectivity index (χ4v) is 2.91. The summed E-state index contributed by atoms with van der Waals surface area (Å²) >= 11 is 5.71. The van der Waals surface area contributed by atoms with E-state index in [2.05, 4.69) is 4.72 Å². The van der Waals surface area contributed by atoms with Gasteiger partial charge in [0.2, 0.25) is 10.0 Å². The van der Waals surface area contributed by atoms with Gasteiger partial charge in [0, 0.05) is 5.02 Å². The molecule has 0 unspecified atom stereocenters. The number of aryl methyl sites for hydroxylation is 1. The number of benzene rings is 1. The van der Waals surface area contributed by atoms with Crippen LogP contribution in [0.4, 0.5) is 0 Å². The lowest BCUT2D eigenvalue weighted by Crippen LogP contribution is -2.38. The van der Waals surface area contributed by atoms with Gasteiger partial charge in [-0.05, 0) is 37.6 Å². The second kappa shape index (κ2) is 5.03. The van der Waals surface area contributed by atoms with Crippen molar-refractivity contribution < 1.29 is 18.3 Å². The zero-order valence-electron chi connectivity index (χ0n) is 9.27. The van der Waals surface area contributed by atoms with Crippen molar-refractivity contribution in [1.29, 1.82) is 0 Å². The Morgan fingerprint density at radius 1 is 1.47 bits per heavy atom. The van der Waals surface area contributed by atoms with E-state index in [-0.39, 0.29) is 4.90 Å². The highest BCUT2D eigenvalue weighted by atomic mass is 35.5. The Kier molecular flexibility index (Phi) is 4.13. The molecule has 0 aliphatic heterocycles. The van der Waals surface area contributed by atoms with Crippen LogP contribution in [-0.4, -0.2) is 25.5 Å². The van der Waals surface area contributed by atoms with Crippen molar-refractivity contribution in [1.82, 2.24) is 4.72 Å². The summed E-state index contributed by atoms with van der Waals surface area (Å²) in [5.41, 5.74) is 0.461. The molecule has 0 aliphatic carbocycles. The summed E-state index contributed by atoms with van der Waals surface area (Å²) in [6.45, 7) is 2.84. The molecule has 0 spiro atoms. The highest BCUT2D eigenvalue weighted by molar-refractivity contribution is 7.89. The third-order valence-corrected chi connectivity index (χ3v) is 4.06. The molecule has 7 heteroatoms. The third kappa shape index (κ3) is 3.42. The molecular formula is C10H12ClNO4S. The summed E-state index contributed by atoms with van der Waals surface area (Å²) in [7, 11) is -3.84. The maximum Gasteiger partial charge on any atom is 0.321 e. The molecule has 0 amide bonds. The summed E-state index contributed by atoms with van der Waals surface area (Å²) in [6, 6.07) is 3.10. The molecule has 2 N–H and O–H groups in total. The molecule has 0 saturated heterocycles. The van der Waals surface area contributed by atoms with Crippen LogP contribution < -0.4 is 4.72 Å². The number of sulfonamides is 1. The largest absolute Gasteiger partial charge is 0.480 e. The predicted molar refractivity (Wildman–Crippen MR) is 63.6 cm³/mol. The van der Waals surface area contributed by atoms with Crippen molar-refractivity contribution in [2.75, 3.05) is 0 Å². The predicted octanol–water partition coefficient (Wildman–Crippen LogP) is 1.40. The maximum absolute atomic E-state index is 11.9. The van der Waals surface area contributed by atoms with Crippen LogP contribution in [0.1, 0.15) is 12.5 Å². The first kappa shape index (κ1) is 14.0. The molecule has 94 valence electrons. The number of carbonyl (C=O) groups is 1. The number of hydrogen-bond acceptors (Lipinski definition) is 3. The van der Waals surface area contributed by atoms with Gasteiger partial charge in [0.1, 0.15) is 6.04 Å². The second-order valence-electron chi connectivity index (χ2n) is 3.59. The van der Waals surface area contributed by atoms with Crippen LogP contribution in [0, 0.1) is 6.92 Å². The maximum atomic E-state index is 11.9. The number of hydrogen-bond donors (Lipinski definition) is 2. The van der Waals surface area contributed by atoms with Crippen LogP contribution in [0.5, 0.6) is 0 Å². The molecule has 0 aliphatic rings. The lowest BCUT2D eigenvalue weighted by molar-refractivity contribution is -0.138. The lowest BCUT2D eigenvalue weighted by Gasteiger charge is -2.12. The molecule has 1 aromatic carbocycles.